The molecule has 8 heteroatoms. The minimum absolute atomic E-state index is 0.278. The number of benzene rings is 2. The van der Waals surface area contributed by atoms with E-state index < -0.39 is 0 Å². The third-order valence-corrected chi connectivity index (χ3v) is 5.14. The van der Waals surface area contributed by atoms with Crippen LogP contribution in [0.4, 0.5) is 0 Å². The van der Waals surface area contributed by atoms with Gasteiger partial charge < -0.3 is 5.32 Å². The summed E-state index contributed by atoms with van der Waals surface area (Å²) < 4.78 is 1.89. The summed E-state index contributed by atoms with van der Waals surface area (Å²) in [5.74, 6) is -0.285. The Hall–Kier alpha value is -3.45. The Morgan fingerprint density at radius 1 is 0.933 bits per heavy atom. The Balaban J connectivity index is 1.53. The molecular weight excluding hydrogens is 400 g/mol. The number of halogens is 1. The predicted octanol–water partition coefficient (Wildman–Crippen LogP) is 3.96. The number of hydrogen-bond donors (Lipinski definition) is 1. The maximum absolute atomic E-state index is 12.8. The van der Waals surface area contributed by atoms with E-state index in [2.05, 4.69) is 20.6 Å². The molecule has 0 spiro atoms. The zero-order chi connectivity index (χ0) is 21.3. The second kappa shape index (κ2) is 8.12. The Morgan fingerprint density at radius 2 is 1.67 bits per heavy atom. The van der Waals surface area contributed by atoms with Crippen LogP contribution in [0.15, 0.2) is 54.6 Å². The van der Waals surface area contributed by atoms with Gasteiger partial charge in [0.1, 0.15) is 0 Å². The number of amides is 1. The third-order valence-electron chi connectivity index (χ3n) is 4.90. The molecule has 2 aromatic heterocycles. The van der Waals surface area contributed by atoms with Gasteiger partial charge in [-0.1, -0.05) is 35.9 Å². The van der Waals surface area contributed by atoms with Gasteiger partial charge in [-0.2, -0.15) is 15.0 Å². The molecule has 0 unspecified atom stereocenters. The number of carbonyl (C=O) groups is 1. The topological polar surface area (TPSA) is 77.6 Å². The van der Waals surface area contributed by atoms with Crippen LogP contribution in [-0.2, 0) is 6.54 Å². The first-order valence-corrected chi connectivity index (χ1v) is 9.90. The lowest BCUT2D eigenvalue weighted by Crippen LogP contribution is -2.24. The smallest absolute Gasteiger partial charge is 0.274 e. The molecule has 1 amide bonds. The SMILES string of the molecule is Cc1nn(-c2cccc(Cl)c2)nc1C(=O)NCc1c(C)nn(-c2ccccc2)c1C. The van der Waals surface area contributed by atoms with Crippen molar-refractivity contribution in [3.8, 4) is 11.4 Å². The zero-order valence-electron chi connectivity index (χ0n) is 16.9. The fourth-order valence-electron chi connectivity index (χ4n) is 3.31. The van der Waals surface area contributed by atoms with E-state index in [4.69, 9.17) is 11.6 Å². The van der Waals surface area contributed by atoms with Crippen molar-refractivity contribution in [2.24, 2.45) is 0 Å². The highest BCUT2D eigenvalue weighted by atomic mass is 35.5. The highest BCUT2D eigenvalue weighted by Gasteiger charge is 2.18. The van der Waals surface area contributed by atoms with Crippen molar-refractivity contribution >= 4 is 17.5 Å². The number of para-hydroxylation sites is 1. The maximum atomic E-state index is 12.8. The van der Waals surface area contributed by atoms with Crippen molar-refractivity contribution in [2.75, 3.05) is 0 Å². The predicted molar refractivity (Wildman–Crippen MR) is 115 cm³/mol. The molecule has 2 heterocycles. The van der Waals surface area contributed by atoms with Crippen LogP contribution in [0, 0.1) is 20.8 Å². The van der Waals surface area contributed by atoms with Crippen LogP contribution in [0.2, 0.25) is 5.02 Å². The quantitative estimate of drug-likeness (QED) is 0.530. The maximum Gasteiger partial charge on any atom is 0.274 e. The monoisotopic (exact) mass is 420 g/mol. The molecule has 7 nitrogen and oxygen atoms in total. The molecule has 4 rings (SSSR count). The van der Waals surface area contributed by atoms with E-state index in [0.717, 1.165) is 22.6 Å². The molecule has 0 saturated carbocycles. The first-order chi connectivity index (χ1) is 14.4. The molecule has 0 bridgehead atoms. The summed E-state index contributed by atoms with van der Waals surface area (Å²) in [6.45, 7) is 6.05. The lowest BCUT2D eigenvalue weighted by molar-refractivity contribution is 0.0945. The van der Waals surface area contributed by atoms with Crippen molar-refractivity contribution in [1.29, 1.82) is 0 Å². The standard InChI is InChI=1S/C22H21ClN6O/c1-14-20(16(3)28(25-14)18-9-5-4-6-10-18)13-24-22(30)21-15(2)26-29(27-21)19-11-7-8-17(23)12-19/h4-12H,13H2,1-3H3,(H,24,30). The highest BCUT2D eigenvalue weighted by molar-refractivity contribution is 6.30. The zero-order valence-corrected chi connectivity index (χ0v) is 17.7. The van der Waals surface area contributed by atoms with E-state index in [1.165, 1.54) is 4.80 Å². The van der Waals surface area contributed by atoms with Crippen molar-refractivity contribution in [1.82, 2.24) is 30.1 Å². The van der Waals surface area contributed by atoms with E-state index in [0.29, 0.717) is 22.9 Å². The molecule has 0 saturated heterocycles. The van der Waals surface area contributed by atoms with Gasteiger partial charge in [0.2, 0.25) is 0 Å². The number of rotatable bonds is 5. The van der Waals surface area contributed by atoms with Gasteiger partial charge in [0.05, 0.1) is 22.8 Å². The van der Waals surface area contributed by atoms with Crippen LogP contribution in [-0.4, -0.2) is 30.7 Å². The summed E-state index contributed by atoms with van der Waals surface area (Å²) in [5.41, 5.74) is 5.33. The Morgan fingerprint density at radius 3 is 2.40 bits per heavy atom. The van der Waals surface area contributed by atoms with E-state index in [-0.39, 0.29) is 11.6 Å². The minimum atomic E-state index is -0.285. The normalized spacial score (nSPS) is 10.9. The largest absolute Gasteiger partial charge is 0.346 e. The molecule has 0 fully saturated rings. The molecular formula is C22H21ClN6O. The van der Waals surface area contributed by atoms with E-state index in [9.17, 15) is 4.79 Å². The Labute approximate surface area is 179 Å². The Kier molecular flexibility index (Phi) is 5.37. The minimum Gasteiger partial charge on any atom is -0.346 e. The summed E-state index contributed by atoms with van der Waals surface area (Å²) in [4.78, 5) is 14.2. The van der Waals surface area contributed by atoms with Gasteiger partial charge >= 0.3 is 0 Å². The fourth-order valence-corrected chi connectivity index (χ4v) is 3.49. The first-order valence-electron chi connectivity index (χ1n) is 9.52. The summed E-state index contributed by atoms with van der Waals surface area (Å²) in [5, 5.41) is 16.8. The number of nitrogens with one attached hydrogen (secondary N) is 1. The third kappa shape index (κ3) is 3.84. The van der Waals surface area contributed by atoms with Crippen molar-refractivity contribution < 1.29 is 4.79 Å². The molecule has 1 N–H and O–H groups in total. The fraction of sp³-hybridized carbons (Fsp3) is 0.182. The summed E-state index contributed by atoms with van der Waals surface area (Å²) >= 11 is 6.04. The van der Waals surface area contributed by atoms with Crippen LogP contribution in [0.25, 0.3) is 11.4 Å². The summed E-state index contributed by atoms with van der Waals surface area (Å²) in [7, 11) is 0. The lowest BCUT2D eigenvalue weighted by Gasteiger charge is -2.06. The van der Waals surface area contributed by atoms with Crippen molar-refractivity contribution in [3.05, 3.63) is 88.0 Å². The van der Waals surface area contributed by atoms with Crippen LogP contribution in [0.5, 0.6) is 0 Å². The average molecular weight is 421 g/mol. The number of carbonyl (C=O) groups excluding carboxylic acids is 1. The molecule has 4 aromatic rings. The van der Waals surface area contributed by atoms with Gasteiger partial charge in [-0.25, -0.2) is 4.68 Å². The number of nitrogens with zero attached hydrogens (tertiary/aromatic N) is 5. The second-order valence-electron chi connectivity index (χ2n) is 6.98. The molecule has 0 aliphatic rings. The molecule has 0 aliphatic carbocycles. The van der Waals surface area contributed by atoms with E-state index in [1.54, 1.807) is 19.1 Å². The molecule has 0 radical (unpaired) electrons. The van der Waals surface area contributed by atoms with Crippen LogP contribution >= 0.6 is 11.6 Å². The van der Waals surface area contributed by atoms with Crippen molar-refractivity contribution in [3.63, 3.8) is 0 Å². The van der Waals surface area contributed by atoms with E-state index >= 15 is 0 Å². The van der Waals surface area contributed by atoms with Crippen LogP contribution in [0.3, 0.4) is 0 Å². The van der Waals surface area contributed by atoms with Gasteiger partial charge in [-0.15, -0.1) is 5.10 Å². The van der Waals surface area contributed by atoms with Gasteiger partial charge in [-0.3, -0.25) is 4.79 Å². The molecule has 30 heavy (non-hydrogen) atoms. The highest BCUT2D eigenvalue weighted by Crippen LogP contribution is 2.18. The summed E-state index contributed by atoms with van der Waals surface area (Å²) in [6.07, 6.45) is 0. The number of aryl methyl sites for hydroxylation is 2. The first kappa shape index (κ1) is 19.8. The van der Waals surface area contributed by atoms with Gasteiger partial charge in [0.15, 0.2) is 5.69 Å². The van der Waals surface area contributed by atoms with Gasteiger partial charge in [0, 0.05) is 22.8 Å². The molecule has 0 aliphatic heterocycles. The average Bonchev–Trinajstić information content (AvgIpc) is 3.26. The number of aromatic nitrogens is 5. The second-order valence-corrected chi connectivity index (χ2v) is 7.42. The Bertz CT molecular complexity index is 1210. The number of hydrogen-bond acceptors (Lipinski definition) is 4. The summed E-state index contributed by atoms with van der Waals surface area (Å²) in [6, 6.07) is 17.1. The van der Waals surface area contributed by atoms with Gasteiger partial charge in [-0.05, 0) is 51.1 Å². The van der Waals surface area contributed by atoms with Crippen molar-refractivity contribution in [2.45, 2.75) is 27.3 Å². The van der Waals surface area contributed by atoms with Crippen LogP contribution < -0.4 is 5.32 Å². The molecule has 152 valence electrons. The van der Waals surface area contributed by atoms with Gasteiger partial charge in [0.25, 0.3) is 5.91 Å². The molecule has 2 aromatic carbocycles. The van der Waals surface area contributed by atoms with Crippen LogP contribution in [0.1, 0.15) is 33.1 Å². The van der Waals surface area contributed by atoms with E-state index in [1.807, 2.05) is 61.0 Å². The lowest BCUT2D eigenvalue weighted by atomic mass is 10.2. The molecule has 0 atom stereocenters.